The minimum atomic E-state index is -0.521. The van der Waals surface area contributed by atoms with Gasteiger partial charge >= 0.3 is 0 Å². The van der Waals surface area contributed by atoms with E-state index in [1.807, 2.05) is 24.3 Å². The minimum absolute atomic E-state index is 0.0116. The number of nitro benzene ring substituents is 1. The summed E-state index contributed by atoms with van der Waals surface area (Å²) in [7, 11) is 1.61. The molecule has 0 fully saturated rings. The van der Waals surface area contributed by atoms with Crippen molar-refractivity contribution >= 4 is 23.0 Å². The van der Waals surface area contributed by atoms with Gasteiger partial charge in [-0.05, 0) is 35.7 Å². The normalized spacial score (nSPS) is 11.9. The monoisotopic (exact) mass is 428 g/mol. The fraction of sp³-hybridized carbons (Fsp3) is 0.238. The number of anilines is 1. The Bertz CT molecular complexity index is 1100. The molecule has 0 saturated carbocycles. The lowest BCUT2D eigenvalue weighted by Gasteiger charge is -2.24. The molecule has 3 rings (SSSR count). The fourth-order valence-electron chi connectivity index (χ4n) is 3.05. The van der Waals surface area contributed by atoms with Crippen LogP contribution in [-0.2, 0) is 0 Å². The maximum Gasteiger partial charge on any atom is 0.292 e. The highest BCUT2D eigenvalue weighted by Gasteiger charge is 2.19. The minimum Gasteiger partial charge on any atom is -0.497 e. The van der Waals surface area contributed by atoms with Crippen LogP contribution in [0.25, 0.3) is 5.69 Å². The highest BCUT2D eigenvalue weighted by Crippen LogP contribution is 2.30. The molecule has 0 bridgehead atoms. The molecule has 1 aromatic heterocycles. The number of halogens is 1. The maximum absolute atomic E-state index is 12.8. The molecule has 9 heteroatoms. The Kier molecular flexibility index (Phi) is 6.37. The third kappa shape index (κ3) is 4.44. The van der Waals surface area contributed by atoms with Gasteiger partial charge in [0.05, 0.1) is 35.6 Å². The van der Waals surface area contributed by atoms with Crippen LogP contribution >= 0.6 is 11.6 Å². The van der Waals surface area contributed by atoms with E-state index in [0.717, 1.165) is 16.0 Å². The molecule has 0 spiro atoms. The van der Waals surface area contributed by atoms with Gasteiger partial charge < -0.3 is 10.1 Å². The van der Waals surface area contributed by atoms with Crippen molar-refractivity contribution < 1.29 is 9.66 Å². The second-order valence-electron chi connectivity index (χ2n) is 7.00. The van der Waals surface area contributed by atoms with E-state index in [1.165, 1.54) is 30.5 Å². The number of nitrogens with one attached hydrogen (secondary N) is 1. The number of methoxy groups -OCH3 is 1. The summed E-state index contributed by atoms with van der Waals surface area (Å²) in [6.45, 7) is 4.11. The molecule has 30 heavy (non-hydrogen) atoms. The highest BCUT2D eigenvalue weighted by molar-refractivity contribution is 6.33. The van der Waals surface area contributed by atoms with Gasteiger partial charge in [-0.3, -0.25) is 14.9 Å². The number of aromatic nitrogens is 2. The third-order valence-electron chi connectivity index (χ3n) is 4.68. The van der Waals surface area contributed by atoms with Gasteiger partial charge in [-0.25, -0.2) is 0 Å². The SMILES string of the molecule is COc1ccc(C(Nc2cnn(-c3ccc([N+](=O)[O-])cc3)c(=O)c2Cl)C(C)C)cc1. The molecule has 156 valence electrons. The molecule has 1 heterocycles. The summed E-state index contributed by atoms with van der Waals surface area (Å²) in [5, 5.41) is 18.3. The van der Waals surface area contributed by atoms with Gasteiger partial charge in [-0.2, -0.15) is 9.78 Å². The van der Waals surface area contributed by atoms with E-state index in [1.54, 1.807) is 7.11 Å². The lowest BCUT2D eigenvalue weighted by atomic mass is 9.95. The van der Waals surface area contributed by atoms with Crippen LogP contribution in [0.1, 0.15) is 25.5 Å². The van der Waals surface area contributed by atoms with Crippen LogP contribution in [0.2, 0.25) is 5.02 Å². The first-order valence-corrected chi connectivity index (χ1v) is 9.62. The third-order valence-corrected chi connectivity index (χ3v) is 5.04. The first-order chi connectivity index (χ1) is 14.3. The highest BCUT2D eigenvalue weighted by atomic mass is 35.5. The van der Waals surface area contributed by atoms with Crippen LogP contribution in [0.5, 0.6) is 5.75 Å². The zero-order valence-corrected chi connectivity index (χ0v) is 17.5. The summed E-state index contributed by atoms with van der Waals surface area (Å²) in [4.78, 5) is 23.1. The molecule has 1 unspecified atom stereocenters. The van der Waals surface area contributed by atoms with E-state index < -0.39 is 10.5 Å². The molecule has 0 aliphatic rings. The van der Waals surface area contributed by atoms with E-state index in [-0.39, 0.29) is 22.7 Å². The molecule has 2 aromatic carbocycles. The molecule has 8 nitrogen and oxygen atoms in total. The summed E-state index contributed by atoms with van der Waals surface area (Å²) in [5.74, 6) is 0.957. The van der Waals surface area contributed by atoms with Crippen molar-refractivity contribution in [1.82, 2.24) is 9.78 Å². The Morgan fingerprint density at radius 3 is 2.30 bits per heavy atom. The molecular formula is C21H21ClN4O4. The Labute approximate surface area is 178 Å². The maximum atomic E-state index is 12.8. The fourth-order valence-corrected chi connectivity index (χ4v) is 3.23. The Balaban J connectivity index is 1.91. The summed E-state index contributed by atoms with van der Waals surface area (Å²) < 4.78 is 6.31. The zero-order chi connectivity index (χ0) is 21.8. The lowest BCUT2D eigenvalue weighted by molar-refractivity contribution is -0.384. The van der Waals surface area contributed by atoms with Gasteiger partial charge in [0.1, 0.15) is 10.8 Å². The largest absolute Gasteiger partial charge is 0.497 e. The molecule has 0 amide bonds. The van der Waals surface area contributed by atoms with E-state index in [4.69, 9.17) is 16.3 Å². The lowest BCUT2D eigenvalue weighted by Crippen LogP contribution is -2.24. The van der Waals surface area contributed by atoms with Crippen molar-refractivity contribution in [3.05, 3.63) is 85.8 Å². The van der Waals surface area contributed by atoms with E-state index in [2.05, 4.69) is 24.3 Å². The van der Waals surface area contributed by atoms with Gasteiger partial charge in [-0.15, -0.1) is 0 Å². The number of benzene rings is 2. The average molecular weight is 429 g/mol. The van der Waals surface area contributed by atoms with Gasteiger partial charge in [0.25, 0.3) is 11.2 Å². The van der Waals surface area contributed by atoms with Crippen LogP contribution in [0.3, 0.4) is 0 Å². The van der Waals surface area contributed by atoms with Crippen LogP contribution in [-0.4, -0.2) is 21.8 Å². The van der Waals surface area contributed by atoms with Crippen LogP contribution in [0, 0.1) is 16.0 Å². The van der Waals surface area contributed by atoms with Crippen LogP contribution in [0.15, 0.2) is 59.5 Å². The molecule has 0 radical (unpaired) electrons. The van der Waals surface area contributed by atoms with Crippen molar-refractivity contribution in [3.8, 4) is 11.4 Å². The number of hydrogen-bond acceptors (Lipinski definition) is 6. The standard InChI is InChI=1S/C21H21ClN4O4/c1-13(2)20(14-4-10-17(30-3)11-5-14)24-18-12-23-25(21(27)19(18)22)15-6-8-16(9-7-15)26(28)29/h4-13,20,24H,1-3H3. The molecular weight excluding hydrogens is 408 g/mol. The second-order valence-corrected chi connectivity index (χ2v) is 7.38. The summed E-state index contributed by atoms with van der Waals surface area (Å²) in [6, 6.07) is 13.1. The second kappa shape index (κ2) is 8.96. The topological polar surface area (TPSA) is 99.3 Å². The molecule has 1 N–H and O–H groups in total. The predicted molar refractivity (Wildman–Crippen MR) is 116 cm³/mol. The first-order valence-electron chi connectivity index (χ1n) is 9.25. The van der Waals surface area contributed by atoms with E-state index >= 15 is 0 Å². The number of rotatable bonds is 7. The van der Waals surface area contributed by atoms with Crippen molar-refractivity contribution in [1.29, 1.82) is 0 Å². The number of nitro groups is 1. The molecule has 1 atom stereocenters. The quantitative estimate of drug-likeness (QED) is 0.435. The Hall–Kier alpha value is -3.39. The zero-order valence-electron chi connectivity index (χ0n) is 16.7. The number of ether oxygens (including phenoxy) is 1. The first kappa shape index (κ1) is 21.3. The summed E-state index contributed by atoms with van der Waals surface area (Å²) in [6.07, 6.45) is 1.48. The summed E-state index contributed by atoms with van der Waals surface area (Å²) in [5.41, 5.74) is 1.22. The van der Waals surface area contributed by atoms with Gasteiger partial charge in [0, 0.05) is 12.1 Å². The van der Waals surface area contributed by atoms with Crippen molar-refractivity contribution in [3.63, 3.8) is 0 Å². The van der Waals surface area contributed by atoms with Crippen molar-refractivity contribution in [2.45, 2.75) is 19.9 Å². The van der Waals surface area contributed by atoms with Crippen molar-refractivity contribution in [2.75, 3.05) is 12.4 Å². The number of hydrogen-bond donors (Lipinski definition) is 1. The van der Waals surface area contributed by atoms with Gasteiger partial charge in [-0.1, -0.05) is 37.6 Å². The van der Waals surface area contributed by atoms with E-state index in [0.29, 0.717) is 11.4 Å². The molecule has 0 saturated heterocycles. The number of non-ortho nitro benzene ring substituents is 1. The van der Waals surface area contributed by atoms with Crippen molar-refractivity contribution in [2.24, 2.45) is 5.92 Å². The predicted octanol–water partition coefficient (Wildman–Crippen LogP) is 4.61. The van der Waals surface area contributed by atoms with Gasteiger partial charge in [0.2, 0.25) is 0 Å². The summed E-state index contributed by atoms with van der Waals surface area (Å²) >= 11 is 6.35. The van der Waals surface area contributed by atoms with Gasteiger partial charge in [0.15, 0.2) is 0 Å². The smallest absolute Gasteiger partial charge is 0.292 e. The average Bonchev–Trinajstić information content (AvgIpc) is 2.75. The Morgan fingerprint density at radius 1 is 1.13 bits per heavy atom. The van der Waals surface area contributed by atoms with Crippen LogP contribution in [0.4, 0.5) is 11.4 Å². The van der Waals surface area contributed by atoms with Crippen LogP contribution < -0.4 is 15.6 Å². The number of nitrogens with zero attached hydrogens (tertiary/aromatic N) is 3. The molecule has 0 aliphatic carbocycles. The Morgan fingerprint density at radius 2 is 1.77 bits per heavy atom. The molecule has 0 aliphatic heterocycles. The molecule has 3 aromatic rings. The van der Waals surface area contributed by atoms with E-state index in [9.17, 15) is 14.9 Å².